The molecule has 3 N–H and O–H groups in total. The minimum absolute atomic E-state index is 0. The molecule has 3 aromatic carbocycles. The fraction of sp³-hybridized carbons (Fsp3) is 0.262. The molecule has 3 amide bonds. The molecule has 12 nitrogen and oxygen atoms in total. The zero-order valence-corrected chi connectivity index (χ0v) is 33.6. The minimum Gasteiger partial charge on any atom is -0.467 e. The van der Waals surface area contributed by atoms with Gasteiger partial charge in [0, 0.05) is 36.2 Å². The van der Waals surface area contributed by atoms with E-state index in [0.29, 0.717) is 29.5 Å². The van der Waals surface area contributed by atoms with Gasteiger partial charge in [-0.3, -0.25) is 14.4 Å². The number of rotatable bonds is 14. The third-order valence-corrected chi connectivity index (χ3v) is 6.61. The molecule has 13 heteroatoms. The van der Waals surface area contributed by atoms with Crippen LogP contribution in [-0.4, -0.2) is 69.0 Å². The van der Waals surface area contributed by atoms with Gasteiger partial charge in [-0.05, 0) is 55.3 Å². The van der Waals surface area contributed by atoms with E-state index < -0.39 is 30.0 Å². The second-order valence-corrected chi connectivity index (χ2v) is 10.8. The maximum absolute atomic E-state index is 11.8. The van der Waals surface area contributed by atoms with Crippen molar-refractivity contribution in [3.8, 4) is 0 Å². The van der Waals surface area contributed by atoms with Crippen LogP contribution >= 0.6 is 0 Å². The molecule has 0 saturated heterocycles. The minimum atomic E-state index is -0.690. The van der Waals surface area contributed by atoms with Crippen molar-refractivity contribution in [2.75, 3.05) is 21.3 Å². The number of ether oxygens (including phenoxy) is 3. The van der Waals surface area contributed by atoms with Crippen LogP contribution in [0.15, 0.2) is 128 Å². The first-order chi connectivity index (χ1) is 26.0. The number of benzene rings is 3. The summed E-state index contributed by atoms with van der Waals surface area (Å²) in [6.07, 6.45) is 7.06. The van der Waals surface area contributed by atoms with Crippen LogP contribution in [-0.2, 0) is 48.1 Å². The largest absolute Gasteiger partial charge is 0.467 e. The normalized spacial score (nSPS) is 10.7. The Morgan fingerprint density at radius 1 is 0.655 bits per heavy atom. The Morgan fingerprint density at radius 2 is 1.04 bits per heavy atom. The van der Waals surface area contributed by atoms with Crippen LogP contribution in [0.5, 0.6) is 0 Å². The van der Waals surface area contributed by atoms with Crippen LogP contribution in [0.2, 0.25) is 0 Å². The first-order valence-electron chi connectivity index (χ1n) is 17.0. The van der Waals surface area contributed by atoms with Gasteiger partial charge in [-0.25, -0.2) is 14.4 Å². The van der Waals surface area contributed by atoms with Crippen LogP contribution in [0.3, 0.4) is 0 Å². The van der Waals surface area contributed by atoms with Gasteiger partial charge in [0.15, 0.2) is 0 Å². The molecule has 55 heavy (non-hydrogen) atoms. The Balaban J connectivity index is 0. The Labute approximate surface area is 337 Å². The van der Waals surface area contributed by atoms with Crippen LogP contribution in [0.25, 0.3) is 0 Å². The molecule has 0 unspecified atom stereocenters. The summed E-state index contributed by atoms with van der Waals surface area (Å²) in [4.78, 5) is 69.5. The van der Waals surface area contributed by atoms with E-state index in [1.165, 1.54) is 33.5 Å². The van der Waals surface area contributed by atoms with Crippen molar-refractivity contribution >= 4 is 35.6 Å². The predicted octanol–water partition coefficient (Wildman–Crippen LogP) is 6.18. The van der Waals surface area contributed by atoms with Gasteiger partial charge < -0.3 is 37.1 Å². The Hall–Kier alpha value is -5.68. The van der Waals surface area contributed by atoms with E-state index in [-0.39, 0.29) is 42.9 Å². The SMILES string of the molecule is C=C/C=C(\NC(=O)c1ccccc1)C(=O)OC.C=CC[C@H](NC(=O)c1ccccc1)C(=O)OC.CCC[C@H](NC(=O)c1ccccc1)C(=O)OC.[CH2-]CC.[Rh]. The summed E-state index contributed by atoms with van der Waals surface area (Å²) >= 11 is 0. The molecular formula is C42H52N3O9Rh-. The van der Waals surface area contributed by atoms with Gasteiger partial charge in [0.2, 0.25) is 0 Å². The van der Waals surface area contributed by atoms with Crippen molar-refractivity contribution in [1.29, 1.82) is 0 Å². The molecule has 0 aliphatic carbocycles. The van der Waals surface area contributed by atoms with Crippen LogP contribution < -0.4 is 16.0 Å². The smallest absolute Gasteiger partial charge is 0.354 e. The maximum atomic E-state index is 11.8. The van der Waals surface area contributed by atoms with Gasteiger partial charge in [0.05, 0.1) is 21.3 Å². The molecule has 0 aliphatic heterocycles. The summed E-state index contributed by atoms with van der Waals surface area (Å²) in [6.45, 7) is 14.4. The molecule has 3 rings (SSSR count). The Morgan fingerprint density at radius 3 is 1.38 bits per heavy atom. The van der Waals surface area contributed by atoms with E-state index in [9.17, 15) is 28.8 Å². The van der Waals surface area contributed by atoms with Crippen molar-refractivity contribution in [2.45, 2.75) is 51.6 Å². The predicted molar refractivity (Wildman–Crippen MR) is 209 cm³/mol. The molecule has 1 radical (unpaired) electrons. The Bertz CT molecular complexity index is 1630. The Kier molecular flexibility index (Phi) is 29.7. The summed E-state index contributed by atoms with van der Waals surface area (Å²) in [5.41, 5.74) is 1.56. The standard InChI is InChI=1S/C13H17NO3.C13H15NO3.C13H13NO3.C3H7.Rh/c3*1-3-7-11(13(16)17-2)14-12(15)10-8-5-4-6-9-10;1-3-2;/h4-6,8-9,11H,3,7H2,1-2H3,(H,14,15);3-6,8-9,11H,1,7H2,2H3,(H,14,15);3-9H,1H2,2H3,(H,14,15);1,3H2,2H3;/q;;;-1;/b;;11-7-;;/t2*11-;;;/m00.../s1. The summed E-state index contributed by atoms with van der Waals surface area (Å²) in [5, 5.41) is 7.73. The molecular weight excluding hydrogens is 793 g/mol. The molecule has 0 spiro atoms. The number of esters is 3. The molecule has 0 bridgehead atoms. The third-order valence-electron chi connectivity index (χ3n) is 6.61. The van der Waals surface area contributed by atoms with Crippen LogP contribution in [0.4, 0.5) is 0 Å². The fourth-order valence-corrected chi connectivity index (χ4v) is 4.04. The van der Waals surface area contributed by atoms with E-state index >= 15 is 0 Å². The maximum Gasteiger partial charge on any atom is 0.354 e. The number of nitrogens with one attached hydrogen (secondary N) is 3. The van der Waals surface area contributed by atoms with Crippen molar-refractivity contribution in [2.24, 2.45) is 0 Å². The first kappa shape index (κ1) is 51.4. The second-order valence-electron chi connectivity index (χ2n) is 10.8. The number of carbonyl (C=O) groups is 6. The molecule has 0 saturated carbocycles. The summed E-state index contributed by atoms with van der Waals surface area (Å²) in [6, 6.07) is 24.8. The molecule has 299 valence electrons. The topological polar surface area (TPSA) is 166 Å². The second kappa shape index (κ2) is 31.8. The van der Waals surface area contributed by atoms with E-state index in [4.69, 9.17) is 0 Å². The molecule has 0 heterocycles. The molecule has 3 aromatic rings. The van der Waals surface area contributed by atoms with Gasteiger partial charge >= 0.3 is 17.9 Å². The summed E-state index contributed by atoms with van der Waals surface area (Å²) < 4.78 is 13.8. The number of carbonyl (C=O) groups excluding carboxylic acids is 6. The number of amides is 3. The fourth-order valence-electron chi connectivity index (χ4n) is 4.04. The number of hydrogen-bond acceptors (Lipinski definition) is 9. The number of hydrogen-bond donors (Lipinski definition) is 3. The quantitative estimate of drug-likeness (QED) is 0.0327. The van der Waals surface area contributed by atoms with Gasteiger partial charge in [0.25, 0.3) is 17.7 Å². The van der Waals surface area contributed by atoms with E-state index in [2.05, 4.69) is 50.2 Å². The third kappa shape index (κ3) is 21.6. The van der Waals surface area contributed by atoms with Gasteiger partial charge in [-0.2, -0.15) is 6.42 Å². The zero-order chi connectivity index (χ0) is 40.7. The van der Waals surface area contributed by atoms with Crippen molar-refractivity contribution in [1.82, 2.24) is 16.0 Å². The van der Waals surface area contributed by atoms with Gasteiger partial charge in [0.1, 0.15) is 17.8 Å². The van der Waals surface area contributed by atoms with E-state index in [0.717, 1.165) is 12.8 Å². The molecule has 0 aromatic heterocycles. The average molecular weight is 846 g/mol. The molecule has 0 fully saturated rings. The average Bonchev–Trinajstić information content (AvgIpc) is 3.21. The van der Waals surface area contributed by atoms with Crippen LogP contribution in [0.1, 0.15) is 70.6 Å². The van der Waals surface area contributed by atoms with Crippen LogP contribution in [0, 0.1) is 6.92 Å². The van der Waals surface area contributed by atoms with Crippen molar-refractivity contribution in [3.63, 3.8) is 0 Å². The molecule has 2 atom stereocenters. The van der Waals surface area contributed by atoms with Gasteiger partial charge in [-0.1, -0.05) is 93.6 Å². The number of methoxy groups -OCH3 is 3. The van der Waals surface area contributed by atoms with Gasteiger partial charge in [-0.15, -0.1) is 6.58 Å². The van der Waals surface area contributed by atoms with Crippen molar-refractivity contribution < 1.29 is 62.5 Å². The monoisotopic (exact) mass is 845 g/mol. The van der Waals surface area contributed by atoms with E-state index in [1.54, 1.807) is 84.9 Å². The van der Waals surface area contributed by atoms with E-state index in [1.807, 2.05) is 26.0 Å². The zero-order valence-electron chi connectivity index (χ0n) is 32.0. The summed E-state index contributed by atoms with van der Waals surface area (Å²) in [5.74, 6) is -2.43. The molecule has 0 aliphatic rings. The summed E-state index contributed by atoms with van der Waals surface area (Å²) in [7, 11) is 3.85. The first-order valence-corrected chi connectivity index (χ1v) is 17.0. The van der Waals surface area contributed by atoms with Crippen molar-refractivity contribution in [3.05, 3.63) is 152 Å². The number of allylic oxidation sites excluding steroid dienone is 2.